The van der Waals surface area contributed by atoms with Crippen LogP contribution in [0.15, 0.2) is 18.5 Å². The van der Waals surface area contributed by atoms with Crippen molar-refractivity contribution in [1.29, 1.82) is 0 Å². The minimum absolute atomic E-state index is 0.186. The van der Waals surface area contributed by atoms with E-state index in [2.05, 4.69) is 4.98 Å². The first-order valence-corrected chi connectivity index (χ1v) is 5.57. The number of nitrogens with zero attached hydrogens (tertiary/aromatic N) is 1. The van der Waals surface area contributed by atoms with Gasteiger partial charge in [-0.3, -0.25) is 9.78 Å². The molecule has 0 atom stereocenters. The molecule has 0 saturated carbocycles. The molecule has 0 N–H and O–H groups in total. The number of hydrogen-bond acceptors (Lipinski definition) is 3. The van der Waals surface area contributed by atoms with E-state index in [0.29, 0.717) is 6.42 Å². The molecule has 0 aromatic carbocycles. The lowest BCUT2D eigenvalue weighted by Gasteiger charge is -1.99. The molecule has 0 saturated heterocycles. The molecule has 0 radical (unpaired) electrons. The monoisotopic (exact) mass is 195 g/mol. The molecule has 0 aliphatic heterocycles. The molecule has 0 aliphatic carbocycles. The van der Waals surface area contributed by atoms with E-state index in [1.54, 1.807) is 24.2 Å². The molecule has 2 nitrogen and oxygen atoms in total. The number of carbonyl (C=O) groups is 1. The van der Waals surface area contributed by atoms with E-state index >= 15 is 0 Å². The highest BCUT2D eigenvalue weighted by molar-refractivity contribution is 7.98. The van der Waals surface area contributed by atoms with Crippen LogP contribution in [-0.4, -0.2) is 22.8 Å². The Morgan fingerprint density at radius 3 is 2.92 bits per heavy atom. The van der Waals surface area contributed by atoms with E-state index in [1.807, 2.05) is 19.2 Å². The van der Waals surface area contributed by atoms with Gasteiger partial charge in [-0.2, -0.15) is 11.8 Å². The predicted molar refractivity (Wildman–Crippen MR) is 56.3 cm³/mol. The summed E-state index contributed by atoms with van der Waals surface area (Å²) in [6.07, 6.45) is 6.00. The van der Waals surface area contributed by atoms with Crippen molar-refractivity contribution in [3.8, 4) is 0 Å². The van der Waals surface area contributed by atoms with Crippen LogP contribution >= 0.6 is 11.8 Å². The maximum Gasteiger partial charge on any atom is 0.165 e. The van der Waals surface area contributed by atoms with Crippen LogP contribution < -0.4 is 0 Å². The van der Waals surface area contributed by atoms with Crippen LogP contribution in [0.5, 0.6) is 0 Å². The number of pyridine rings is 1. The van der Waals surface area contributed by atoms with Gasteiger partial charge in [0, 0.05) is 30.1 Å². The average Bonchev–Trinajstić information content (AvgIpc) is 2.14. The van der Waals surface area contributed by atoms with Crippen LogP contribution in [0.25, 0.3) is 0 Å². The zero-order valence-corrected chi connectivity index (χ0v) is 8.73. The Morgan fingerprint density at radius 2 is 2.31 bits per heavy atom. The SMILES string of the molecule is CSCCC(=O)c1cncc(C)c1. The molecule has 13 heavy (non-hydrogen) atoms. The molecule has 3 heteroatoms. The van der Waals surface area contributed by atoms with Gasteiger partial charge in [-0.15, -0.1) is 0 Å². The first-order valence-electron chi connectivity index (χ1n) is 4.18. The highest BCUT2D eigenvalue weighted by Gasteiger charge is 2.04. The quantitative estimate of drug-likeness (QED) is 0.691. The Labute approximate surface area is 82.8 Å². The van der Waals surface area contributed by atoms with Gasteiger partial charge in [0.25, 0.3) is 0 Å². The molecule has 0 amide bonds. The molecular formula is C10H13NOS. The summed E-state index contributed by atoms with van der Waals surface area (Å²) in [4.78, 5) is 15.5. The van der Waals surface area contributed by atoms with Gasteiger partial charge in [-0.05, 0) is 24.8 Å². The largest absolute Gasteiger partial charge is 0.294 e. The van der Waals surface area contributed by atoms with E-state index in [0.717, 1.165) is 16.9 Å². The zero-order chi connectivity index (χ0) is 9.68. The summed E-state index contributed by atoms with van der Waals surface area (Å²) >= 11 is 1.69. The van der Waals surface area contributed by atoms with Crippen LogP contribution in [0.3, 0.4) is 0 Å². The summed E-state index contributed by atoms with van der Waals surface area (Å²) in [6, 6.07) is 1.88. The van der Waals surface area contributed by atoms with Crippen molar-refractivity contribution in [1.82, 2.24) is 4.98 Å². The summed E-state index contributed by atoms with van der Waals surface area (Å²) in [5, 5.41) is 0. The van der Waals surface area contributed by atoms with Crippen LogP contribution in [0.2, 0.25) is 0 Å². The highest BCUT2D eigenvalue weighted by Crippen LogP contribution is 2.06. The lowest BCUT2D eigenvalue weighted by atomic mass is 10.1. The number of hydrogen-bond donors (Lipinski definition) is 0. The standard InChI is InChI=1S/C10H13NOS/c1-8-5-9(7-11-6-8)10(12)3-4-13-2/h5-7H,3-4H2,1-2H3. The normalized spacial score (nSPS) is 10.0. The second-order valence-electron chi connectivity index (χ2n) is 2.92. The fourth-order valence-electron chi connectivity index (χ4n) is 1.05. The van der Waals surface area contributed by atoms with Crippen molar-refractivity contribution in [2.75, 3.05) is 12.0 Å². The molecule has 1 heterocycles. The van der Waals surface area contributed by atoms with E-state index < -0.39 is 0 Å². The molecule has 0 spiro atoms. The van der Waals surface area contributed by atoms with Gasteiger partial charge in [0.2, 0.25) is 0 Å². The Hall–Kier alpha value is -0.830. The molecule has 0 fully saturated rings. The third-order valence-corrected chi connectivity index (χ3v) is 2.34. The maximum absolute atomic E-state index is 11.5. The smallest absolute Gasteiger partial charge is 0.165 e. The lowest BCUT2D eigenvalue weighted by molar-refractivity contribution is 0.0989. The molecular weight excluding hydrogens is 182 g/mol. The molecule has 1 rings (SSSR count). The van der Waals surface area contributed by atoms with Gasteiger partial charge in [-0.1, -0.05) is 0 Å². The van der Waals surface area contributed by atoms with Crippen LogP contribution in [0.1, 0.15) is 22.3 Å². The van der Waals surface area contributed by atoms with Crippen molar-refractivity contribution >= 4 is 17.5 Å². The summed E-state index contributed by atoms with van der Waals surface area (Å²) in [5.41, 5.74) is 1.77. The number of thioether (sulfide) groups is 1. The minimum atomic E-state index is 0.186. The molecule has 0 aliphatic rings. The number of Topliss-reactive ketones (excluding diaryl/α,β-unsaturated/α-hetero) is 1. The van der Waals surface area contributed by atoms with Gasteiger partial charge in [0.05, 0.1) is 0 Å². The predicted octanol–water partition coefficient (Wildman–Crippen LogP) is 2.33. The van der Waals surface area contributed by atoms with Crippen LogP contribution in [0.4, 0.5) is 0 Å². The fourth-order valence-corrected chi connectivity index (χ4v) is 1.44. The Kier molecular flexibility index (Phi) is 3.96. The van der Waals surface area contributed by atoms with Crippen molar-refractivity contribution in [3.63, 3.8) is 0 Å². The van der Waals surface area contributed by atoms with Gasteiger partial charge < -0.3 is 0 Å². The Morgan fingerprint density at radius 1 is 1.54 bits per heavy atom. The molecule has 0 bridgehead atoms. The number of ketones is 1. The van der Waals surface area contributed by atoms with Gasteiger partial charge in [0.15, 0.2) is 5.78 Å². The maximum atomic E-state index is 11.5. The van der Waals surface area contributed by atoms with E-state index in [4.69, 9.17) is 0 Å². The summed E-state index contributed by atoms with van der Waals surface area (Å²) in [7, 11) is 0. The first kappa shape index (κ1) is 10.3. The topological polar surface area (TPSA) is 30.0 Å². The van der Waals surface area contributed by atoms with Gasteiger partial charge >= 0.3 is 0 Å². The molecule has 1 aromatic rings. The van der Waals surface area contributed by atoms with Crippen molar-refractivity contribution in [3.05, 3.63) is 29.6 Å². The van der Waals surface area contributed by atoms with E-state index in [-0.39, 0.29) is 5.78 Å². The summed E-state index contributed by atoms with van der Waals surface area (Å²) in [6.45, 7) is 1.94. The zero-order valence-electron chi connectivity index (χ0n) is 7.91. The van der Waals surface area contributed by atoms with Crippen molar-refractivity contribution in [2.45, 2.75) is 13.3 Å². The number of rotatable bonds is 4. The van der Waals surface area contributed by atoms with Gasteiger partial charge in [0.1, 0.15) is 0 Å². The Bertz CT molecular complexity index is 299. The average molecular weight is 195 g/mol. The second-order valence-corrected chi connectivity index (χ2v) is 3.90. The Balaban J connectivity index is 2.66. The van der Waals surface area contributed by atoms with Crippen LogP contribution in [0, 0.1) is 6.92 Å². The van der Waals surface area contributed by atoms with E-state index in [1.165, 1.54) is 0 Å². The second kappa shape index (κ2) is 5.02. The molecule has 0 unspecified atom stereocenters. The van der Waals surface area contributed by atoms with Gasteiger partial charge in [-0.25, -0.2) is 0 Å². The van der Waals surface area contributed by atoms with Crippen molar-refractivity contribution < 1.29 is 4.79 Å². The van der Waals surface area contributed by atoms with Crippen molar-refractivity contribution in [2.24, 2.45) is 0 Å². The summed E-state index contributed by atoms with van der Waals surface area (Å²) < 4.78 is 0. The third kappa shape index (κ3) is 3.19. The first-order chi connectivity index (χ1) is 6.24. The highest BCUT2D eigenvalue weighted by atomic mass is 32.2. The minimum Gasteiger partial charge on any atom is -0.294 e. The lowest BCUT2D eigenvalue weighted by Crippen LogP contribution is -2.01. The molecule has 1 aromatic heterocycles. The molecule has 70 valence electrons. The van der Waals surface area contributed by atoms with E-state index in [9.17, 15) is 4.79 Å². The summed E-state index contributed by atoms with van der Waals surface area (Å²) in [5.74, 6) is 1.07. The number of carbonyl (C=O) groups excluding carboxylic acids is 1. The number of aromatic nitrogens is 1. The number of aryl methyl sites for hydroxylation is 1. The fraction of sp³-hybridized carbons (Fsp3) is 0.400. The third-order valence-electron chi connectivity index (χ3n) is 1.73. The van der Waals surface area contributed by atoms with Crippen LogP contribution in [-0.2, 0) is 0 Å².